The highest BCUT2D eigenvalue weighted by molar-refractivity contribution is 9.10. The number of halogens is 1. The molecule has 0 aliphatic carbocycles. The Balaban J connectivity index is 1.55. The Morgan fingerprint density at radius 3 is 2.70 bits per heavy atom. The van der Waals surface area contributed by atoms with Crippen LogP contribution in [0, 0.1) is 0 Å². The lowest BCUT2D eigenvalue weighted by Gasteiger charge is -2.14. The van der Waals surface area contributed by atoms with Crippen LogP contribution in [0.3, 0.4) is 0 Å². The van der Waals surface area contributed by atoms with Crippen molar-refractivity contribution in [1.29, 1.82) is 0 Å². The molecule has 0 spiro atoms. The number of hydrogen-bond donors (Lipinski definition) is 1. The molecule has 1 aromatic heterocycles. The summed E-state index contributed by atoms with van der Waals surface area (Å²) in [6, 6.07) is 17.0. The highest BCUT2D eigenvalue weighted by atomic mass is 79.9. The number of aromatic nitrogens is 1. The van der Waals surface area contributed by atoms with Crippen LogP contribution < -0.4 is 14.8 Å². The van der Waals surface area contributed by atoms with Gasteiger partial charge in [-0.1, -0.05) is 34.1 Å². The first-order chi connectivity index (χ1) is 14.5. The first-order valence-corrected chi connectivity index (χ1v) is 10.3. The van der Waals surface area contributed by atoms with E-state index in [0.29, 0.717) is 12.4 Å². The van der Waals surface area contributed by atoms with Gasteiger partial charge in [0.1, 0.15) is 18.1 Å². The molecule has 3 rings (SSSR count). The topological polar surface area (TPSA) is 60.5 Å². The van der Waals surface area contributed by atoms with Gasteiger partial charge >= 0.3 is 0 Å². The summed E-state index contributed by atoms with van der Waals surface area (Å²) in [5, 5.41) is 2.97. The fourth-order valence-electron chi connectivity index (χ4n) is 2.85. The first kappa shape index (κ1) is 21.6. The van der Waals surface area contributed by atoms with Crippen molar-refractivity contribution in [3.63, 3.8) is 0 Å². The molecule has 1 atom stereocenters. The standard InChI is InChI=1S/C24H23BrN2O3/c1-17(27-24(28)12-7-20-14-21(25)8-11-23(20)29-2)19-5-9-22(10-6-19)30-16-18-4-3-13-26-15-18/h3-15,17H,16H2,1-2H3,(H,27,28)/b12-7+. The minimum absolute atomic E-state index is 0.140. The van der Waals surface area contributed by atoms with Crippen LogP contribution in [0.1, 0.15) is 29.7 Å². The zero-order valence-electron chi connectivity index (χ0n) is 16.8. The Hall–Kier alpha value is -3.12. The summed E-state index contributed by atoms with van der Waals surface area (Å²) < 4.78 is 12.0. The molecule has 6 heteroatoms. The average molecular weight is 467 g/mol. The van der Waals surface area contributed by atoms with Crippen molar-refractivity contribution in [2.24, 2.45) is 0 Å². The zero-order valence-corrected chi connectivity index (χ0v) is 18.4. The molecular formula is C24H23BrN2O3. The highest BCUT2D eigenvalue weighted by Crippen LogP contribution is 2.24. The van der Waals surface area contributed by atoms with Crippen LogP contribution in [0.15, 0.2) is 77.5 Å². The van der Waals surface area contributed by atoms with Crippen LogP contribution in [0.2, 0.25) is 0 Å². The minimum Gasteiger partial charge on any atom is -0.496 e. The van der Waals surface area contributed by atoms with Crippen LogP contribution in [-0.2, 0) is 11.4 Å². The number of methoxy groups -OCH3 is 1. The lowest BCUT2D eigenvalue weighted by atomic mass is 10.1. The van der Waals surface area contributed by atoms with Gasteiger partial charge in [0, 0.05) is 34.1 Å². The Bertz CT molecular complexity index is 1000. The summed E-state index contributed by atoms with van der Waals surface area (Å²) in [5.74, 6) is 1.29. The number of nitrogens with zero attached hydrogens (tertiary/aromatic N) is 1. The molecule has 0 aliphatic heterocycles. The maximum atomic E-state index is 12.3. The van der Waals surface area contributed by atoms with Gasteiger partial charge < -0.3 is 14.8 Å². The number of amides is 1. The first-order valence-electron chi connectivity index (χ1n) is 9.49. The summed E-state index contributed by atoms with van der Waals surface area (Å²) in [4.78, 5) is 16.4. The van der Waals surface area contributed by atoms with E-state index in [2.05, 4.69) is 26.2 Å². The van der Waals surface area contributed by atoms with Crippen molar-refractivity contribution in [1.82, 2.24) is 10.3 Å². The number of carbonyl (C=O) groups is 1. The van der Waals surface area contributed by atoms with Crippen LogP contribution >= 0.6 is 15.9 Å². The average Bonchev–Trinajstić information content (AvgIpc) is 2.77. The number of pyridine rings is 1. The maximum absolute atomic E-state index is 12.3. The van der Waals surface area contributed by atoms with Gasteiger partial charge in [0.25, 0.3) is 0 Å². The number of carbonyl (C=O) groups excluding carboxylic acids is 1. The van der Waals surface area contributed by atoms with Gasteiger partial charge in [0.2, 0.25) is 5.91 Å². The van der Waals surface area contributed by atoms with E-state index < -0.39 is 0 Å². The number of nitrogens with one attached hydrogen (secondary N) is 1. The number of benzene rings is 2. The van der Waals surface area contributed by atoms with Crippen molar-refractivity contribution in [2.45, 2.75) is 19.6 Å². The third-order valence-corrected chi connectivity index (χ3v) is 4.97. The van der Waals surface area contributed by atoms with E-state index in [1.54, 1.807) is 25.6 Å². The quantitative estimate of drug-likeness (QED) is 0.456. The van der Waals surface area contributed by atoms with Crippen molar-refractivity contribution in [3.05, 3.63) is 94.2 Å². The molecule has 0 saturated carbocycles. The predicted molar refractivity (Wildman–Crippen MR) is 121 cm³/mol. The molecule has 30 heavy (non-hydrogen) atoms. The predicted octanol–water partition coefficient (Wildman–Crippen LogP) is 5.32. The Kier molecular flexibility index (Phi) is 7.63. The fourth-order valence-corrected chi connectivity index (χ4v) is 3.23. The van der Waals surface area contributed by atoms with E-state index in [0.717, 1.165) is 26.9 Å². The molecule has 0 radical (unpaired) electrons. The normalized spacial score (nSPS) is 11.8. The lowest BCUT2D eigenvalue weighted by molar-refractivity contribution is -0.117. The second-order valence-electron chi connectivity index (χ2n) is 6.67. The molecule has 0 fully saturated rings. The molecule has 0 aliphatic rings. The number of ether oxygens (including phenoxy) is 2. The summed E-state index contributed by atoms with van der Waals surface area (Å²) in [7, 11) is 1.60. The Morgan fingerprint density at radius 1 is 1.20 bits per heavy atom. The third-order valence-electron chi connectivity index (χ3n) is 4.47. The SMILES string of the molecule is COc1ccc(Br)cc1/C=C/C(=O)NC(C)c1ccc(OCc2cccnc2)cc1. The Labute approximate surface area is 184 Å². The van der Waals surface area contributed by atoms with Gasteiger partial charge in [0.15, 0.2) is 0 Å². The second-order valence-corrected chi connectivity index (χ2v) is 7.58. The van der Waals surface area contributed by atoms with Gasteiger partial charge in [-0.2, -0.15) is 0 Å². The molecular weight excluding hydrogens is 444 g/mol. The van der Waals surface area contributed by atoms with E-state index in [9.17, 15) is 4.79 Å². The zero-order chi connectivity index (χ0) is 21.3. The molecule has 1 heterocycles. The molecule has 5 nitrogen and oxygen atoms in total. The molecule has 1 unspecified atom stereocenters. The highest BCUT2D eigenvalue weighted by Gasteiger charge is 2.08. The number of rotatable bonds is 8. The molecule has 3 aromatic rings. The van der Waals surface area contributed by atoms with E-state index in [1.807, 2.05) is 61.5 Å². The van der Waals surface area contributed by atoms with Gasteiger partial charge in [-0.3, -0.25) is 9.78 Å². The van der Waals surface area contributed by atoms with Crippen LogP contribution in [0.5, 0.6) is 11.5 Å². The Morgan fingerprint density at radius 2 is 2.00 bits per heavy atom. The fraction of sp³-hybridized carbons (Fsp3) is 0.167. The summed E-state index contributed by atoms with van der Waals surface area (Å²) in [6.45, 7) is 2.40. The summed E-state index contributed by atoms with van der Waals surface area (Å²) in [5.41, 5.74) is 2.83. The van der Waals surface area contributed by atoms with Crippen LogP contribution in [0.4, 0.5) is 0 Å². The largest absolute Gasteiger partial charge is 0.496 e. The molecule has 154 valence electrons. The summed E-state index contributed by atoms with van der Waals surface area (Å²) in [6.07, 6.45) is 6.76. The van der Waals surface area contributed by atoms with Crippen molar-refractivity contribution >= 4 is 27.9 Å². The van der Waals surface area contributed by atoms with Crippen molar-refractivity contribution < 1.29 is 14.3 Å². The monoisotopic (exact) mass is 466 g/mol. The molecule has 0 bridgehead atoms. The van der Waals surface area contributed by atoms with Crippen LogP contribution in [-0.4, -0.2) is 18.0 Å². The van der Waals surface area contributed by atoms with Gasteiger partial charge in [-0.25, -0.2) is 0 Å². The van der Waals surface area contributed by atoms with E-state index in [1.165, 1.54) is 6.08 Å². The second kappa shape index (κ2) is 10.6. The van der Waals surface area contributed by atoms with E-state index >= 15 is 0 Å². The molecule has 0 saturated heterocycles. The third kappa shape index (κ3) is 6.19. The maximum Gasteiger partial charge on any atom is 0.244 e. The number of hydrogen-bond acceptors (Lipinski definition) is 4. The smallest absolute Gasteiger partial charge is 0.244 e. The molecule has 1 N–H and O–H groups in total. The van der Waals surface area contributed by atoms with Gasteiger partial charge in [0.05, 0.1) is 13.2 Å². The molecule has 2 aromatic carbocycles. The van der Waals surface area contributed by atoms with Crippen LogP contribution in [0.25, 0.3) is 6.08 Å². The van der Waals surface area contributed by atoms with Crippen molar-refractivity contribution in [3.8, 4) is 11.5 Å². The molecule has 1 amide bonds. The summed E-state index contributed by atoms with van der Waals surface area (Å²) >= 11 is 3.43. The minimum atomic E-state index is -0.179. The van der Waals surface area contributed by atoms with E-state index in [-0.39, 0.29) is 11.9 Å². The van der Waals surface area contributed by atoms with Gasteiger partial charge in [-0.05, 0) is 55.0 Å². The van der Waals surface area contributed by atoms with E-state index in [4.69, 9.17) is 9.47 Å². The lowest BCUT2D eigenvalue weighted by Crippen LogP contribution is -2.24. The van der Waals surface area contributed by atoms with Gasteiger partial charge in [-0.15, -0.1) is 0 Å². The van der Waals surface area contributed by atoms with Crippen molar-refractivity contribution in [2.75, 3.05) is 7.11 Å².